The van der Waals surface area contributed by atoms with Crippen LogP contribution in [0.15, 0.2) is 23.6 Å². The van der Waals surface area contributed by atoms with Gasteiger partial charge in [0.05, 0.1) is 23.8 Å². The number of nitro groups is 1. The highest BCUT2D eigenvalue weighted by molar-refractivity contribution is 7.94. The fourth-order valence-corrected chi connectivity index (χ4v) is 3.00. The lowest BCUT2D eigenvalue weighted by atomic mass is 10.3. The van der Waals surface area contributed by atoms with Gasteiger partial charge in [0.15, 0.2) is 15.5 Å². The van der Waals surface area contributed by atoms with E-state index in [0.29, 0.717) is 0 Å². The number of sulfone groups is 1. The lowest BCUT2D eigenvalue weighted by Gasteiger charge is -2.11. The third kappa shape index (κ3) is 3.34. The van der Waals surface area contributed by atoms with E-state index < -0.39 is 26.8 Å². The van der Waals surface area contributed by atoms with Gasteiger partial charge in [0.25, 0.3) is 0 Å². The molecule has 21 heavy (non-hydrogen) atoms. The Kier molecular flexibility index (Phi) is 3.89. The molecule has 0 bridgehead atoms. The topological polar surface area (TPSA) is 128 Å². The summed E-state index contributed by atoms with van der Waals surface area (Å²) < 4.78 is 27.1. The van der Waals surface area contributed by atoms with Gasteiger partial charge in [-0.2, -0.15) is 0 Å². The van der Waals surface area contributed by atoms with Crippen molar-refractivity contribution in [2.24, 2.45) is 0 Å². The molecule has 2 rings (SSSR count). The molecular weight excluding hydrogens is 302 g/mol. The number of nitrogens with one attached hydrogen (secondary N) is 1. The summed E-state index contributed by atoms with van der Waals surface area (Å²) in [6.45, 7) is 0. The van der Waals surface area contributed by atoms with Gasteiger partial charge in [0, 0.05) is 11.5 Å². The molecule has 1 N–H and O–H groups in total. The quantitative estimate of drug-likeness (QED) is 0.483. The van der Waals surface area contributed by atoms with Gasteiger partial charge in [-0.15, -0.1) is 0 Å². The Morgan fingerprint density at radius 2 is 2.24 bits per heavy atom. The number of aromatic nitrogens is 1. The fraction of sp³-hybridized carbons (Fsp3) is 0.273. The van der Waals surface area contributed by atoms with Crippen LogP contribution in [0.2, 0.25) is 0 Å². The van der Waals surface area contributed by atoms with Crippen LogP contribution in [-0.2, 0) is 14.6 Å². The molecule has 0 saturated heterocycles. The number of carbonyl (C=O) groups is 1. The van der Waals surface area contributed by atoms with Crippen molar-refractivity contribution in [2.75, 3.05) is 18.2 Å². The van der Waals surface area contributed by atoms with Crippen molar-refractivity contribution in [2.45, 2.75) is 6.04 Å². The molecule has 1 aliphatic rings. The Bertz CT molecular complexity index is 727. The molecule has 0 spiro atoms. The van der Waals surface area contributed by atoms with E-state index in [2.05, 4.69) is 15.0 Å². The molecule has 10 heteroatoms. The van der Waals surface area contributed by atoms with Gasteiger partial charge in [-0.3, -0.25) is 10.1 Å². The van der Waals surface area contributed by atoms with Crippen LogP contribution in [0.25, 0.3) is 0 Å². The van der Waals surface area contributed by atoms with E-state index in [1.165, 1.54) is 6.08 Å². The lowest BCUT2D eigenvalue weighted by Crippen LogP contribution is -2.22. The number of nitrogens with zero attached hydrogens (tertiary/aromatic N) is 2. The first-order valence-corrected chi connectivity index (χ1v) is 7.45. The van der Waals surface area contributed by atoms with Crippen molar-refractivity contribution in [1.82, 2.24) is 4.98 Å². The van der Waals surface area contributed by atoms with Crippen LogP contribution in [-0.4, -0.2) is 43.2 Å². The predicted molar refractivity (Wildman–Crippen MR) is 72.6 cm³/mol. The number of anilines is 1. The Balaban J connectivity index is 2.33. The Morgan fingerprint density at radius 1 is 1.52 bits per heavy atom. The van der Waals surface area contributed by atoms with E-state index in [4.69, 9.17) is 0 Å². The molecule has 0 fully saturated rings. The summed E-state index contributed by atoms with van der Waals surface area (Å²) in [5, 5.41) is 14.6. The summed E-state index contributed by atoms with van der Waals surface area (Å²) in [5.41, 5.74) is -0.476. The number of methoxy groups -OCH3 is 1. The second-order valence-electron chi connectivity index (χ2n) is 4.22. The van der Waals surface area contributed by atoms with Crippen LogP contribution in [0.5, 0.6) is 0 Å². The highest BCUT2D eigenvalue weighted by Crippen LogP contribution is 2.24. The van der Waals surface area contributed by atoms with E-state index in [1.807, 2.05) is 0 Å². The molecule has 0 aliphatic carbocycles. The molecule has 0 saturated carbocycles. The molecule has 1 aromatic heterocycles. The SMILES string of the molecule is COC(=O)c1ccc([N+](=O)[O-])c(NC2C=CS(=O)(=O)C2)n1. The molecule has 2 heterocycles. The summed E-state index contributed by atoms with van der Waals surface area (Å²) in [6, 6.07) is 1.62. The van der Waals surface area contributed by atoms with Crippen molar-refractivity contribution < 1.29 is 22.9 Å². The van der Waals surface area contributed by atoms with Gasteiger partial charge < -0.3 is 10.1 Å². The zero-order valence-corrected chi connectivity index (χ0v) is 11.7. The van der Waals surface area contributed by atoms with Crippen LogP contribution in [0.4, 0.5) is 11.5 Å². The van der Waals surface area contributed by atoms with Crippen LogP contribution < -0.4 is 5.32 Å². The Hall–Kier alpha value is -2.49. The molecule has 0 aromatic carbocycles. The number of ether oxygens (including phenoxy) is 1. The molecule has 1 unspecified atom stereocenters. The minimum Gasteiger partial charge on any atom is -0.464 e. The van der Waals surface area contributed by atoms with E-state index in [-0.39, 0.29) is 23.0 Å². The van der Waals surface area contributed by atoms with Crippen LogP contribution in [0, 0.1) is 10.1 Å². The molecule has 0 amide bonds. The van der Waals surface area contributed by atoms with Crippen molar-refractivity contribution in [1.29, 1.82) is 0 Å². The number of esters is 1. The number of carbonyl (C=O) groups excluding carboxylic acids is 1. The van der Waals surface area contributed by atoms with Gasteiger partial charge >= 0.3 is 11.7 Å². The van der Waals surface area contributed by atoms with Crippen LogP contribution in [0.1, 0.15) is 10.5 Å². The third-order valence-electron chi connectivity index (χ3n) is 2.72. The number of rotatable bonds is 4. The fourth-order valence-electron chi connectivity index (χ4n) is 1.76. The Morgan fingerprint density at radius 3 is 2.76 bits per heavy atom. The molecule has 112 valence electrons. The normalized spacial score (nSPS) is 19.2. The highest BCUT2D eigenvalue weighted by atomic mass is 32.2. The molecule has 1 aromatic rings. The highest BCUT2D eigenvalue weighted by Gasteiger charge is 2.26. The largest absolute Gasteiger partial charge is 0.464 e. The summed E-state index contributed by atoms with van der Waals surface area (Å²) in [4.78, 5) is 25.5. The monoisotopic (exact) mass is 313 g/mol. The maximum atomic E-state index is 11.4. The van der Waals surface area contributed by atoms with Gasteiger partial charge in [0.2, 0.25) is 5.82 Å². The average Bonchev–Trinajstić information content (AvgIpc) is 2.76. The number of hydrogen-bond donors (Lipinski definition) is 1. The molecule has 9 nitrogen and oxygen atoms in total. The first-order chi connectivity index (χ1) is 9.82. The van der Waals surface area contributed by atoms with Crippen molar-refractivity contribution in [3.05, 3.63) is 39.4 Å². The number of pyridine rings is 1. The third-order valence-corrected chi connectivity index (χ3v) is 4.11. The van der Waals surface area contributed by atoms with Gasteiger partial charge in [-0.1, -0.05) is 0 Å². The minimum atomic E-state index is -3.31. The van der Waals surface area contributed by atoms with Crippen LogP contribution >= 0.6 is 0 Å². The standard InChI is InChI=1S/C11H11N3O6S/c1-20-11(15)8-2-3-9(14(16)17)10(13-8)12-7-4-5-21(18,19)6-7/h2-5,7H,6H2,1H3,(H,12,13). The van der Waals surface area contributed by atoms with Crippen molar-refractivity contribution >= 4 is 27.3 Å². The maximum Gasteiger partial charge on any atom is 0.356 e. The minimum absolute atomic E-state index is 0.115. The second kappa shape index (κ2) is 5.48. The first kappa shape index (κ1) is 14.9. The molecule has 1 aliphatic heterocycles. The maximum absolute atomic E-state index is 11.4. The zero-order valence-electron chi connectivity index (χ0n) is 10.8. The summed E-state index contributed by atoms with van der Waals surface area (Å²) in [7, 11) is -2.15. The summed E-state index contributed by atoms with van der Waals surface area (Å²) in [5.74, 6) is -1.16. The van der Waals surface area contributed by atoms with Gasteiger partial charge in [-0.05, 0) is 12.1 Å². The van der Waals surface area contributed by atoms with Gasteiger partial charge in [0.1, 0.15) is 0 Å². The molecule has 1 atom stereocenters. The zero-order chi connectivity index (χ0) is 15.6. The summed E-state index contributed by atoms with van der Waals surface area (Å²) >= 11 is 0. The predicted octanol–water partition coefficient (Wildman–Crippen LogP) is 0.499. The van der Waals surface area contributed by atoms with E-state index in [0.717, 1.165) is 24.7 Å². The van der Waals surface area contributed by atoms with Crippen LogP contribution in [0.3, 0.4) is 0 Å². The van der Waals surface area contributed by atoms with E-state index in [9.17, 15) is 23.3 Å². The van der Waals surface area contributed by atoms with Gasteiger partial charge in [-0.25, -0.2) is 18.2 Å². The average molecular weight is 313 g/mol. The number of hydrogen-bond acceptors (Lipinski definition) is 8. The second-order valence-corrected chi connectivity index (χ2v) is 6.15. The van der Waals surface area contributed by atoms with E-state index >= 15 is 0 Å². The van der Waals surface area contributed by atoms with Crippen molar-refractivity contribution in [3.63, 3.8) is 0 Å². The lowest BCUT2D eigenvalue weighted by molar-refractivity contribution is -0.384. The summed E-state index contributed by atoms with van der Waals surface area (Å²) in [6.07, 6.45) is 1.37. The smallest absolute Gasteiger partial charge is 0.356 e. The first-order valence-electron chi connectivity index (χ1n) is 5.73. The Labute approximate surface area is 119 Å². The van der Waals surface area contributed by atoms with Crippen molar-refractivity contribution in [3.8, 4) is 0 Å². The van der Waals surface area contributed by atoms with E-state index in [1.54, 1.807) is 0 Å². The molecule has 0 radical (unpaired) electrons. The molecular formula is C11H11N3O6S.